The highest BCUT2D eigenvalue weighted by Gasteiger charge is 1.99. The van der Waals surface area contributed by atoms with Crippen molar-refractivity contribution in [3.8, 4) is 5.75 Å². The summed E-state index contributed by atoms with van der Waals surface area (Å²) in [5, 5.41) is 3.67. The highest BCUT2D eigenvalue weighted by molar-refractivity contribution is 7.08. The van der Waals surface area contributed by atoms with Gasteiger partial charge in [0.05, 0.1) is 0 Å². The molecule has 0 fully saturated rings. The lowest BCUT2D eigenvalue weighted by molar-refractivity contribution is -0.133. The summed E-state index contributed by atoms with van der Waals surface area (Å²) in [6, 6.07) is 1.78. The van der Waals surface area contributed by atoms with Crippen molar-refractivity contribution in [2.24, 2.45) is 0 Å². The Balaban J connectivity index is 2.48. The number of carbonyl (C=O) groups excluding carboxylic acids is 1. The Morgan fingerprint density at radius 1 is 1.80 bits per heavy atom. The van der Waals surface area contributed by atoms with Crippen molar-refractivity contribution in [3.63, 3.8) is 0 Å². The predicted octanol–water partition coefficient (Wildman–Crippen LogP) is 2.06. The fraction of sp³-hybridized carbons (Fsp3) is 0.286. The van der Waals surface area contributed by atoms with Gasteiger partial charge < -0.3 is 4.74 Å². The molecule has 0 aliphatic carbocycles. The Morgan fingerprint density at radius 3 is 3.10 bits per heavy atom. The van der Waals surface area contributed by atoms with Crippen molar-refractivity contribution in [1.82, 2.24) is 0 Å². The summed E-state index contributed by atoms with van der Waals surface area (Å²) in [5.41, 5.74) is 0. The lowest BCUT2D eigenvalue weighted by Gasteiger charge is -1.95. The van der Waals surface area contributed by atoms with Crippen LogP contribution in [0.15, 0.2) is 16.8 Å². The van der Waals surface area contributed by atoms with Gasteiger partial charge in [0.2, 0.25) is 0 Å². The van der Waals surface area contributed by atoms with Gasteiger partial charge in [-0.25, -0.2) is 0 Å². The van der Waals surface area contributed by atoms with Crippen LogP contribution >= 0.6 is 11.3 Å². The zero-order chi connectivity index (χ0) is 7.40. The zero-order valence-electron chi connectivity index (χ0n) is 5.66. The van der Waals surface area contributed by atoms with E-state index in [1.54, 1.807) is 18.4 Å². The molecule has 2 nitrogen and oxygen atoms in total. The van der Waals surface area contributed by atoms with Crippen LogP contribution < -0.4 is 4.74 Å². The topological polar surface area (TPSA) is 26.3 Å². The lowest BCUT2D eigenvalue weighted by atomic mass is 10.5. The summed E-state index contributed by atoms with van der Waals surface area (Å²) in [4.78, 5) is 10.7. The summed E-state index contributed by atoms with van der Waals surface area (Å²) in [5.74, 6) is 0.468. The first-order chi connectivity index (χ1) is 4.83. The van der Waals surface area contributed by atoms with E-state index in [2.05, 4.69) is 0 Å². The van der Waals surface area contributed by atoms with Gasteiger partial charge >= 0.3 is 5.97 Å². The maximum atomic E-state index is 10.7. The molecule has 0 unspecified atom stereocenters. The quantitative estimate of drug-likeness (QED) is 0.613. The number of rotatable bonds is 2. The van der Waals surface area contributed by atoms with Gasteiger partial charge in [0.1, 0.15) is 5.75 Å². The number of thiophene rings is 1. The van der Waals surface area contributed by atoms with Crippen LogP contribution in [0.3, 0.4) is 0 Å². The van der Waals surface area contributed by atoms with Crippen molar-refractivity contribution in [3.05, 3.63) is 16.8 Å². The number of hydrogen-bond donors (Lipinski definition) is 0. The lowest BCUT2D eigenvalue weighted by Crippen LogP contribution is -2.04. The van der Waals surface area contributed by atoms with Gasteiger partial charge in [0.25, 0.3) is 0 Å². The van der Waals surface area contributed by atoms with Crippen LogP contribution in [-0.2, 0) is 4.79 Å². The summed E-state index contributed by atoms with van der Waals surface area (Å²) in [6.45, 7) is 1.77. The molecule has 1 aromatic rings. The minimum absolute atomic E-state index is 0.182. The second-order valence-electron chi connectivity index (χ2n) is 1.79. The molecule has 1 heterocycles. The van der Waals surface area contributed by atoms with Gasteiger partial charge in [0.15, 0.2) is 0 Å². The van der Waals surface area contributed by atoms with Crippen LogP contribution in [-0.4, -0.2) is 5.97 Å². The number of carbonyl (C=O) groups is 1. The van der Waals surface area contributed by atoms with E-state index in [1.807, 2.05) is 5.38 Å². The summed E-state index contributed by atoms with van der Waals surface area (Å²) in [7, 11) is 0. The Hall–Kier alpha value is -0.830. The molecule has 1 aromatic heterocycles. The van der Waals surface area contributed by atoms with Gasteiger partial charge in [-0.3, -0.25) is 4.79 Å². The smallest absolute Gasteiger partial charge is 0.310 e. The van der Waals surface area contributed by atoms with Crippen LogP contribution in [0.5, 0.6) is 5.75 Å². The maximum absolute atomic E-state index is 10.7. The molecule has 0 radical (unpaired) electrons. The van der Waals surface area contributed by atoms with Crippen molar-refractivity contribution in [2.45, 2.75) is 13.3 Å². The summed E-state index contributed by atoms with van der Waals surface area (Å²) < 4.78 is 4.88. The largest absolute Gasteiger partial charge is 0.426 e. The number of esters is 1. The first-order valence-corrected chi connectivity index (χ1v) is 4.00. The maximum Gasteiger partial charge on any atom is 0.310 e. The molecular formula is C7H8O2S. The minimum atomic E-state index is -0.182. The van der Waals surface area contributed by atoms with E-state index >= 15 is 0 Å². The Kier molecular flexibility index (Phi) is 2.45. The molecule has 0 atom stereocenters. The molecule has 0 saturated heterocycles. The third kappa shape index (κ3) is 1.84. The molecule has 0 aromatic carbocycles. The van der Waals surface area contributed by atoms with E-state index in [0.29, 0.717) is 12.2 Å². The molecule has 0 saturated carbocycles. The Labute approximate surface area is 63.4 Å². The molecular weight excluding hydrogens is 148 g/mol. The Morgan fingerprint density at radius 2 is 2.60 bits per heavy atom. The summed E-state index contributed by atoms with van der Waals surface area (Å²) in [6.07, 6.45) is 0.426. The van der Waals surface area contributed by atoms with Gasteiger partial charge in [-0.1, -0.05) is 6.92 Å². The normalized spacial score (nSPS) is 9.30. The third-order valence-corrected chi connectivity index (χ3v) is 1.68. The van der Waals surface area contributed by atoms with E-state index in [0.717, 1.165) is 0 Å². The van der Waals surface area contributed by atoms with E-state index in [9.17, 15) is 4.79 Å². The molecule has 0 aliphatic rings. The van der Waals surface area contributed by atoms with Crippen molar-refractivity contribution in [1.29, 1.82) is 0 Å². The molecule has 3 heteroatoms. The number of ether oxygens (including phenoxy) is 1. The fourth-order valence-corrected chi connectivity index (χ4v) is 1.07. The molecule has 0 amide bonds. The van der Waals surface area contributed by atoms with Crippen LogP contribution in [0.1, 0.15) is 13.3 Å². The highest BCUT2D eigenvalue weighted by atomic mass is 32.1. The van der Waals surface area contributed by atoms with Crippen LogP contribution in [0.2, 0.25) is 0 Å². The third-order valence-electron chi connectivity index (χ3n) is 1.02. The average Bonchev–Trinajstić information content (AvgIpc) is 2.40. The monoisotopic (exact) mass is 156 g/mol. The molecule has 0 N–H and O–H groups in total. The predicted molar refractivity (Wildman–Crippen MR) is 40.2 cm³/mol. The van der Waals surface area contributed by atoms with Gasteiger partial charge in [-0.15, -0.1) is 11.3 Å². The fourth-order valence-electron chi connectivity index (χ4n) is 0.514. The molecule has 1 rings (SSSR count). The Bertz CT molecular complexity index is 203. The van der Waals surface area contributed by atoms with E-state index < -0.39 is 0 Å². The zero-order valence-corrected chi connectivity index (χ0v) is 6.48. The molecule has 0 aliphatic heterocycles. The molecule has 10 heavy (non-hydrogen) atoms. The van der Waals surface area contributed by atoms with Gasteiger partial charge in [0, 0.05) is 11.8 Å². The summed E-state index contributed by atoms with van der Waals surface area (Å²) >= 11 is 1.51. The minimum Gasteiger partial charge on any atom is -0.426 e. The van der Waals surface area contributed by atoms with E-state index in [4.69, 9.17) is 4.74 Å². The molecule has 0 spiro atoms. The first-order valence-electron chi connectivity index (χ1n) is 3.06. The average molecular weight is 156 g/mol. The van der Waals surface area contributed by atoms with E-state index in [-0.39, 0.29) is 5.97 Å². The first kappa shape index (κ1) is 7.28. The number of hydrogen-bond acceptors (Lipinski definition) is 3. The molecule has 54 valence electrons. The highest BCUT2D eigenvalue weighted by Crippen LogP contribution is 2.14. The second-order valence-corrected chi connectivity index (χ2v) is 2.57. The van der Waals surface area contributed by atoms with E-state index in [1.165, 1.54) is 11.3 Å². The van der Waals surface area contributed by atoms with Crippen LogP contribution in [0.4, 0.5) is 0 Å². The van der Waals surface area contributed by atoms with Crippen molar-refractivity contribution < 1.29 is 9.53 Å². The van der Waals surface area contributed by atoms with Crippen molar-refractivity contribution >= 4 is 17.3 Å². The standard InChI is InChI=1S/C7H8O2S/c1-2-7(8)9-6-3-4-10-5-6/h3-5H,2H2,1H3. The van der Waals surface area contributed by atoms with Gasteiger partial charge in [-0.05, 0) is 11.4 Å². The van der Waals surface area contributed by atoms with Crippen LogP contribution in [0, 0.1) is 0 Å². The molecule has 0 bridgehead atoms. The van der Waals surface area contributed by atoms with Gasteiger partial charge in [-0.2, -0.15) is 0 Å². The second kappa shape index (κ2) is 3.37. The van der Waals surface area contributed by atoms with Crippen LogP contribution in [0.25, 0.3) is 0 Å². The SMILES string of the molecule is CCC(=O)Oc1ccsc1. The van der Waals surface area contributed by atoms with Crippen molar-refractivity contribution in [2.75, 3.05) is 0 Å².